The number of nitrogens with zero attached hydrogens (tertiary/aromatic N) is 1. The van der Waals surface area contributed by atoms with Gasteiger partial charge in [0.2, 0.25) is 17.7 Å². The average molecular weight is 417 g/mol. The number of carbonyl (C=O) groups is 5. The van der Waals surface area contributed by atoms with Gasteiger partial charge >= 0.3 is 5.97 Å². The minimum atomic E-state index is -1.51. The van der Waals surface area contributed by atoms with E-state index in [9.17, 15) is 24.0 Å². The largest absolute Gasteiger partial charge is 0.481 e. The Morgan fingerprint density at radius 1 is 1.10 bits per heavy atom. The second-order valence-electron chi connectivity index (χ2n) is 5.92. The molecule has 0 aliphatic carbocycles. The lowest BCUT2D eigenvalue weighted by Gasteiger charge is -2.19. The summed E-state index contributed by atoms with van der Waals surface area (Å²) in [7, 11) is 0. The van der Waals surface area contributed by atoms with Crippen LogP contribution >= 0.6 is 0 Å². The van der Waals surface area contributed by atoms with Crippen LogP contribution in [0.15, 0.2) is 4.99 Å². The average Bonchev–Trinajstić information content (AvgIpc) is 2.65. The third-order valence-electron chi connectivity index (χ3n) is 3.45. The van der Waals surface area contributed by atoms with Gasteiger partial charge in [0.25, 0.3) is 0 Å². The van der Waals surface area contributed by atoms with E-state index in [0.717, 1.165) is 0 Å². The Hall–Kier alpha value is -3.26. The molecule has 0 unspecified atom stereocenters. The zero-order valence-electron chi connectivity index (χ0n) is 15.7. The van der Waals surface area contributed by atoms with Crippen molar-refractivity contribution in [1.82, 2.24) is 16.0 Å². The molecule has 29 heavy (non-hydrogen) atoms. The smallest absolute Gasteiger partial charge is 0.305 e. The monoisotopic (exact) mass is 417 g/mol. The lowest BCUT2D eigenvalue weighted by atomic mass is 10.1. The first kappa shape index (κ1) is 25.7. The van der Waals surface area contributed by atoms with Crippen molar-refractivity contribution in [3.63, 3.8) is 0 Å². The predicted molar refractivity (Wildman–Crippen MR) is 100 cm³/mol. The van der Waals surface area contributed by atoms with Gasteiger partial charge in [0.1, 0.15) is 18.4 Å². The standard InChI is InChI=1S/C15H27N7O7/c16-9(2-1-3-19-15(17)18)13(28)20-5-11(25)22-10(4-12(26)27)14(29)21-8(6-23)7-24/h6,8-10,24H,1-5,7,16H2,(H,20,28)(H,21,29)(H,22,25)(H,26,27)(H4,17,18,19)/t8-,9+,10+/m1/s1. The maximum Gasteiger partial charge on any atom is 0.305 e. The number of nitrogens with two attached hydrogens (primary N) is 3. The third-order valence-corrected chi connectivity index (χ3v) is 3.45. The molecule has 11 N–H and O–H groups in total. The molecule has 0 saturated heterocycles. The van der Waals surface area contributed by atoms with Crippen molar-refractivity contribution >= 4 is 35.9 Å². The zero-order chi connectivity index (χ0) is 22.4. The zero-order valence-corrected chi connectivity index (χ0v) is 15.7. The van der Waals surface area contributed by atoms with Crippen LogP contribution < -0.4 is 33.2 Å². The molecule has 0 rings (SSSR count). The molecular formula is C15H27N7O7. The fraction of sp³-hybridized carbons (Fsp3) is 0.600. The highest BCUT2D eigenvalue weighted by Gasteiger charge is 2.26. The van der Waals surface area contributed by atoms with E-state index in [1.807, 2.05) is 0 Å². The van der Waals surface area contributed by atoms with E-state index in [1.54, 1.807) is 0 Å². The van der Waals surface area contributed by atoms with Gasteiger partial charge < -0.3 is 48.2 Å². The van der Waals surface area contributed by atoms with E-state index >= 15 is 0 Å². The molecule has 164 valence electrons. The number of rotatable bonds is 14. The van der Waals surface area contributed by atoms with Crippen LogP contribution in [0.3, 0.4) is 0 Å². The number of aliphatic hydroxyl groups is 1. The number of hydrogen-bond donors (Lipinski definition) is 8. The van der Waals surface area contributed by atoms with Crippen molar-refractivity contribution in [2.45, 2.75) is 37.4 Å². The van der Waals surface area contributed by atoms with Gasteiger partial charge in [0.05, 0.1) is 25.6 Å². The summed E-state index contributed by atoms with van der Waals surface area (Å²) in [6.45, 7) is -0.966. The van der Waals surface area contributed by atoms with Crippen LogP contribution in [0.25, 0.3) is 0 Å². The van der Waals surface area contributed by atoms with Crippen LogP contribution in [0, 0.1) is 0 Å². The molecule has 14 nitrogen and oxygen atoms in total. The highest BCUT2D eigenvalue weighted by molar-refractivity contribution is 5.93. The number of amides is 3. The number of guanidine groups is 1. The van der Waals surface area contributed by atoms with Crippen LogP contribution in [0.4, 0.5) is 0 Å². The second kappa shape index (κ2) is 13.8. The lowest BCUT2D eigenvalue weighted by Crippen LogP contribution is -2.53. The Kier molecular flexibility index (Phi) is 12.3. The number of aliphatic carboxylic acids is 1. The molecule has 0 heterocycles. The topological polar surface area (TPSA) is 252 Å². The molecule has 14 heteroatoms. The molecule has 0 bridgehead atoms. The summed E-state index contributed by atoms with van der Waals surface area (Å²) < 4.78 is 0. The summed E-state index contributed by atoms with van der Waals surface area (Å²) in [6.07, 6.45) is 0.171. The third kappa shape index (κ3) is 11.9. The molecule has 0 spiro atoms. The molecule has 0 aromatic heterocycles. The fourth-order valence-corrected chi connectivity index (χ4v) is 1.98. The van der Waals surface area contributed by atoms with E-state index in [-0.39, 0.29) is 25.2 Å². The Labute approximate surface area is 166 Å². The molecule has 0 aliphatic rings. The molecule has 0 aromatic carbocycles. The molecule has 3 amide bonds. The van der Waals surface area contributed by atoms with Crippen LogP contribution in [0.5, 0.6) is 0 Å². The van der Waals surface area contributed by atoms with E-state index in [4.69, 9.17) is 27.4 Å². The number of carboxylic acids is 1. The Morgan fingerprint density at radius 2 is 1.76 bits per heavy atom. The summed E-state index contributed by atoms with van der Waals surface area (Å²) in [5.74, 6) is -3.93. The van der Waals surface area contributed by atoms with Crippen LogP contribution in [-0.4, -0.2) is 84.0 Å². The van der Waals surface area contributed by atoms with Gasteiger partial charge in [0, 0.05) is 6.54 Å². The number of aliphatic imine (C=N–C) groups is 1. The highest BCUT2D eigenvalue weighted by Crippen LogP contribution is 1.96. The van der Waals surface area contributed by atoms with Gasteiger partial charge in [-0.2, -0.15) is 0 Å². The summed E-state index contributed by atoms with van der Waals surface area (Å²) in [6, 6.07) is -3.68. The maximum atomic E-state index is 12.0. The molecule has 0 fully saturated rings. The van der Waals surface area contributed by atoms with Gasteiger partial charge in [-0.05, 0) is 12.8 Å². The molecule has 0 saturated carbocycles. The summed E-state index contributed by atoms with van der Waals surface area (Å²) in [5.41, 5.74) is 16.0. The summed E-state index contributed by atoms with van der Waals surface area (Å²) >= 11 is 0. The number of aliphatic hydroxyl groups excluding tert-OH is 1. The van der Waals surface area contributed by atoms with Gasteiger partial charge in [-0.25, -0.2) is 0 Å². The Bertz CT molecular complexity index is 622. The van der Waals surface area contributed by atoms with Crippen molar-refractivity contribution in [3.8, 4) is 0 Å². The van der Waals surface area contributed by atoms with Crippen molar-refractivity contribution in [3.05, 3.63) is 0 Å². The van der Waals surface area contributed by atoms with Crippen molar-refractivity contribution < 1.29 is 34.2 Å². The predicted octanol–water partition coefficient (Wildman–Crippen LogP) is -4.88. The minimum absolute atomic E-state index is 0.0851. The number of carboxylic acid groups (broad SMARTS) is 1. The first-order chi connectivity index (χ1) is 13.6. The summed E-state index contributed by atoms with van der Waals surface area (Å²) in [4.78, 5) is 61.0. The van der Waals surface area contributed by atoms with Gasteiger partial charge in [0.15, 0.2) is 5.96 Å². The number of carbonyl (C=O) groups excluding carboxylic acids is 4. The van der Waals surface area contributed by atoms with Gasteiger partial charge in [-0.15, -0.1) is 0 Å². The van der Waals surface area contributed by atoms with Crippen LogP contribution in [0.2, 0.25) is 0 Å². The first-order valence-corrected chi connectivity index (χ1v) is 8.57. The molecule has 0 aromatic rings. The van der Waals surface area contributed by atoms with Crippen LogP contribution in [0.1, 0.15) is 19.3 Å². The fourth-order valence-electron chi connectivity index (χ4n) is 1.98. The molecule has 3 atom stereocenters. The molecule has 0 aliphatic heterocycles. The van der Waals surface area contributed by atoms with Crippen molar-refractivity contribution in [2.75, 3.05) is 19.7 Å². The molecular weight excluding hydrogens is 390 g/mol. The number of aldehydes is 1. The highest BCUT2D eigenvalue weighted by atomic mass is 16.4. The normalized spacial score (nSPS) is 13.3. The molecule has 0 radical (unpaired) electrons. The minimum Gasteiger partial charge on any atom is -0.481 e. The van der Waals surface area contributed by atoms with Crippen molar-refractivity contribution in [2.24, 2.45) is 22.2 Å². The quantitative estimate of drug-likeness (QED) is 0.0578. The number of nitrogens with one attached hydrogen (secondary N) is 3. The second-order valence-corrected chi connectivity index (χ2v) is 5.92. The van der Waals surface area contributed by atoms with Gasteiger partial charge in [-0.3, -0.25) is 24.2 Å². The first-order valence-electron chi connectivity index (χ1n) is 8.57. The van der Waals surface area contributed by atoms with E-state index in [1.165, 1.54) is 0 Å². The summed E-state index contributed by atoms with van der Waals surface area (Å²) in [5, 5.41) is 24.2. The maximum absolute atomic E-state index is 12.0. The Balaban J connectivity index is 4.57. The van der Waals surface area contributed by atoms with E-state index < -0.39 is 61.4 Å². The van der Waals surface area contributed by atoms with E-state index in [2.05, 4.69) is 20.9 Å². The van der Waals surface area contributed by atoms with Gasteiger partial charge in [-0.1, -0.05) is 0 Å². The Morgan fingerprint density at radius 3 is 2.28 bits per heavy atom. The van der Waals surface area contributed by atoms with Crippen LogP contribution in [-0.2, 0) is 24.0 Å². The van der Waals surface area contributed by atoms with Crippen molar-refractivity contribution in [1.29, 1.82) is 0 Å². The SMILES string of the molecule is NC(N)=NCCC[C@H](N)C(=O)NCC(=O)N[C@@H](CC(=O)O)C(=O)N[C@H](C=O)CO. The van der Waals surface area contributed by atoms with E-state index in [0.29, 0.717) is 6.42 Å². The lowest BCUT2D eigenvalue weighted by molar-refractivity contribution is -0.141. The number of hydrogen-bond acceptors (Lipinski definition) is 8.